The summed E-state index contributed by atoms with van der Waals surface area (Å²) in [6, 6.07) is 2.10. The molecule has 0 atom stereocenters. The van der Waals surface area contributed by atoms with Crippen LogP contribution in [0.15, 0.2) is 4.42 Å². The fraction of sp³-hybridized carbons (Fsp3) is 0.632. The molecule has 0 unspecified atom stereocenters. The van der Waals surface area contributed by atoms with Crippen molar-refractivity contribution in [3.63, 3.8) is 0 Å². The van der Waals surface area contributed by atoms with Gasteiger partial charge in [-0.2, -0.15) is 5.26 Å². The fourth-order valence-electron chi connectivity index (χ4n) is 2.93. The number of amides is 2. The summed E-state index contributed by atoms with van der Waals surface area (Å²) < 4.78 is 10.7. The van der Waals surface area contributed by atoms with Crippen LogP contribution in [0.3, 0.4) is 0 Å². The van der Waals surface area contributed by atoms with Gasteiger partial charge in [0.15, 0.2) is 0 Å². The van der Waals surface area contributed by atoms with Crippen LogP contribution in [0, 0.1) is 25.2 Å². The van der Waals surface area contributed by atoms with Gasteiger partial charge in [0, 0.05) is 24.7 Å². The predicted molar refractivity (Wildman–Crippen MR) is 100 cm³/mol. The molecule has 1 aliphatic heterocycles. The Kier molecular flexibility index (Phi) is 6.50. The molecule has 0 bridgehead atoms. The predicted octanol–water partition coefficient (Wildman–Crippen LogP) is 2.70. The Labute approximate surface area is 159 Å². The number of hydrogen-bond donors (Lipinski definition) is 2. The van der Waals surface area contributed by atoms with E-state index in [1.807, 2.05) is 25.7 Å². The lowest BCUT2D eigenvalue weighted by molar-refractivity contribution is -0.117. The Morgan fingerprint density at radius 2 is 1.93 bits per heavy atom. The van der Waals surface area contributed by atoms with E-state index in [2.05, 4.69) is 16.7 Å². The number of furan rings is 1. The van der Waals surface area contributed by atoms with Crippen molar-refractivity contribution in [2.45, 2.75) is 59.1 Å². The molecule has 1 aromatic rings. The molecule has 148 valence electrons. The highest BCUT2D eigenvalue weighted by Gasteiger charge is 2.25. The molecule has 0 aliphatic carbocycles. The number of anilines is 1. The number of piperidine rings is 1. The number of nitriles is 1. The van der Waals surface area contributed by atoms with E-state index in [0.717, 1.165) is 18.4 Å². The standard InChI is InChI=1S/C19H28N4O4/c1-12-13(2)26-17(15(12)10-20)22-16(24)11-23-8-6-14(7-9-23)21-18(25)27-19(3,4)5/h14H,6-9,11H2,1-5H3,(H,21,25)(H,22,24). The van der Waals surface area contributed by atoms with Gasteiger partial charge >= 0.3 is 6.09 Å². The molecule has 2 amide bonds. The second-order valence-electron chi connectivity index (χ2n) is 7.84. The van der Waals surface area contributed by atoms with Crippen molar-refractivity contribution in [2.24, 2.45) is 0 Å². The molecule has 2 heterocycles. The van der Waals surface area contributed by atoms with Gasteiger partial charge in [-0.15, -0.1) is 0 Å². The first-order valence-electron chi connectivity index (χ1n) is 9.11. The second kappa shape index (κ2) is 8.44. The Hall–Kier alpha value is -2.53. The van der Waals surface area contributed by atoms with Gasteiger partial charge in [-0.05, 0) is 47.5 Å². The topological polar surface area (TPSA) is 108 Å². The van der Waals surface area contributed by atoms with E-state index in [9.17, 15) is 14.9 Å². The molecule has 0 radical (unpaired) electrons. The highest BCUT2D eigenvalue weighted by molar-refractivity contribution is 5.92. The number of aryl methyl sites for hydroxylation is 1. The normalized spacial score (nSPS) is 15.9. The zero-order valence-corrected chi connectivity index (χ0v) is 16.6. The molecule has 1 aromatic heterocycles. The van der Waals surface area contributed by atoms with Gasteiger partial charge in [-0.25, -0.2) is 4.79 Å². The molecule has 1 aliphatic rings. The zero-order chi connectivity index (χ0) is 20.2. The summed E-state index contributed by atoms with van der Waals surface area (Å²) in [5.41, 5.74) is 0.580. The molecule has 2 N–H and O–H groups in total. The lowest BCUT2D eigenvalue weighted by Gasteiger charge is -2.32. The lowest BCUT2D eigenvalue weighted by atomic mass is 10.1. The van der Waals surface area contributed by atoms with Gasteiger partial charge in [-0.3, -0.25) is 15.0 Å². The van der Waals surface area contributed by atoms with Crippen molar-refractivity contribution in [3.05, 3.63) is 16.9 Å². The van der Waals surface area contributed by atoms with E-state index in [4.69, 9.17) is 9.15 Å². The van der Waals surface area contributed by atoms with Crippen molar-refractivity contribution in [1.29, 1.82) is 5.26 Å². The van der Waals surface area contributed by atoms with Gasteiger partial charge in [0.2, 0.25) is 11.8 Å². The van der Waals surface area contributed by atoms with E-state index >= 15 is 0 Å². The zero-order valence-electron chi connectivity index (χ0n) is 16.6. The van der Waals surface area contributed by atoms with Crippen LogP contribution in [0.1, 0.15) is 50.5 Å². The van der Waals surface area contributed by atoms with Gasteiger partial charge < -0.3 is 14.5 Å². The largest absolute Gasteiger partial charge is 0.444 e. The number of alkyl carbamates (subject to hydrolysis) is 1. The maximum Gasteiger partial charge on any atom is 0.407 e. The maximum absolute atomic E-state index is 12.3. The smallest absolute Gasteiger partial charge is 0.407 e. The molecule has 1 fully saturated rings. The van der Waals surface area contributed by atoms with Crippen LogP contribution in [0.5, 0.6) is 0 Å². The minimum Gasteiger partial charge on any atom is -0.444 e. The SMILES string of the molecule is Cc1oc(NC(=O)CN2CCC(NC(=O)OC(C)(C)C)CC2)c(C#N)c1C. The molecule has 2 rings (SSSR count). The number of nitrogens with one attached hydrogen (secondary N) is 2. The fourth-order valence-corrected chi connectivity index (χ4v) is 2.93. The Balaban J connectivity index is 1.79. The second-order valence-corrected chi connectivity index (χ2v) is 7.84. The Morgan fingerprint density at radius 3 is 2.48 bits per heavy atom. The van der Waals surface area contributed by atoms with Crippen LogP contribution in [0.25, 0.3) is 0 Å². The number of ether oxygens (including phenoxy) is 1. The van der Waals surface area contributed by atoms with Crippen LogP contribution < -0.4 is 10.6 Å². The first kappa shape index (κ1) is 20.8. The van der Waals surface area contributed by atoms with Crippen LogP contribution >= 0.6 is 0 Å². The number of rotatable bonds is 4. The summed E-state index contributed by atoms with van der Waals surface area (Å²) >= 11 is 0. The van der Waals surface area contributed by atoms with Gasteiger partial charge in [0.1, 0.15) is 23.0 Å². The molecule has 1 saturated heterocycles. The third-order valence-electron chi connectivity index (χ3n) is 4.43. The minimum atomic E-state index is -0.520. The van der Waals surface area contributed by atoms with E-state index in [-0.39, 0.29) is 24.4 Å². The number of carbonyl (C=O) groups is 2. The quantitative estimate of drug-likeness (QED) is 0.836. The van der Waals surface area contributed by atoms with Crippen LogP contribution in [0.4, 0.5) is 10.7 Å². The summed E-state index contributed by atoms with van der Waals surface area (Å²) in [5, 5.41) is 14.8. The number of nitrogens with zero attached hydrogens (tertiary/aromatic N) is 2. The van der Waals surface area contributed by atoms with E-state index in [1.54, 1.807) is 13.8 Å². The summed E-state index contributed by atoms with van der Waals surface area (Å²) in [6.07, 6.45) is 1.08. The van der Waals surface area contributed by atoms with Crippen LogP contribution in [-0.4, -0.2) is 48.2 Å². The van der Waals surface area contributed by atoms with E-state index in [0.29, 0.717) is 24.4 Å². The third-order valence-corrected chi connectivity index (χ3v) is 4.43. The number of likely N-dealkylation sites (tertiary alicyclic amines) is 1. The average Bonchev–Trinajstić information content (AvgIpc) is 2.81. The Bertz CT molecular complexity index is 734. The van der Waals surface area contributed by atoms with Crippen molar-refractivity contribution in [2.75, 3.05) is 25.0 Å². The van der Waals surface area contributed by atoms with Gasteiger partial charge in [0.25, 0.3) is 0 Å². The highest BCUT2D eigenvalue weighted by Crippen LogP contribution is 2.25. The molecule has 8 nitrogen and oxygen atoms in total. The summed E-state index contributed by atoms with van der Waals surface area (Å²) in [5.74, 6) is 0.605. The summed E-state index contributed by atoms with van der Waals surface area (Å²) in [6.45, 7) is 10.6. The van der Waals surface area contributed by atoms with Crippen molar-refractivity contribution in [1.82, 2.24) is 10.2 Å². The maximum atomic E-state index is 12.3. The molecule has 8 heteroatoms. The van der Waals surface area contributed by atoms with Crippen molar-refractivity contribution >= 4 is 17.9 Å². The van der Waals surface area contributed by atoms with Gasteiger partial charge in [0.05, 0.1) is 6.54 Å². The monoisotopic (exact) mass is 376 g/mol. The van der Waals surface area contributed by atoms with Gasteiger partial charge in [-0.1, -0.05) is 0 Å². The van der Waals surface area contributed by atoms with Crippen molar-refractivity contribution in [3.8, 4) is 6.07 Å². The highest BCUT2D eigenvalue weighted by atomic mass is 16.6. The summed E-state index contributed by atoms with van der Waals surface area (Å²) in [4.78, 5) is 26.1. The van der Waals surface area contributed by atoms with Crippen LogP contribution in [-0.2, 0) is 9.53 Å². The molecule has 0 saturated carbocycles. The molecular weight excluding hydrogens is 348 g/mol. The van der Waals surface area contributed by atoms with Crippen molar-refractivity contribution < 1.29 is 18.7 Å². The Morgan fingerprint density at radius 1 is 1.30 bits per heavy atom. The first-order chi connectivity index (χ1) is 12.6. The third kappa shape index (κ3) is 6.00. The lowest BCUT2D eigenvalue weighted by Crippen LogP contribution is -2.47. The average molecular weight is 376 g/mol. The number of hydrogen-bond acceptors (Lipinski definition) is 6. The number of carbonyl (C=O) groups excluding carboxylic acids is 2. The molecule has 27 heavy (non-hydrogen) atoms. The minimum absolute atomic E-state index is 0.0414. The first-order valence-corrected chi connectivity index (χ1v) is 9.11. The van der Waals surface area contributed by atoms with Crippen LogP contribution in [0.2, 0.25) is 0 Å². The molecular formula is C19H28N4O4. The molecule has 0 aromatic carbocycles. The van der Waals surface area contributed by atoms with E-state index < -0.39 is 11.7 Å². The summed E-state index contributed by atoms with van der Waals surface area (Å²) in [7, 11) is 0. The molecule has 0 spiro atoms. The van der Waals surface area contributed by atoms with E-state index in [1.165, 1.54) is 0 Å².